The van der Waals surface area contributed by atoms with Crippen molar-refractivity contribution in [1.29, 1.82) is 0 Å². The zero-order chi connectivity index (χ0) is 6.95. The standard InChI is InChI=1S/C6H12O3/c7-3-1-2-5-9-6-4-8/h3,8H,1-2,4-6H2/p+1. The predicted molar refractivity (Wildman–Crippen MR) is 35.1 cm³/mol. The second-order valence-electron chi connectivity index (χ2n) is 1.66. The Bertz CT molecular complexity index is 63.3. The molecule has 0 amide bonds. The largest absolute Gasteiger partial charge is 0.394 e. The van der Waals surface area contributed by atoms with Gasteiger partial charge in [-0.1, -0.05) is 0 Å². The summed E-state index contributed by atoms with van der Waals surface area (Å²) in [5.74, 6) is 0. The Hall–Kier alpha value is -0.410. The first kappa shape index (κ1) is 8.59. The van der Waals surface area contributed by atoms with Crippen LogP contribution < -0.4 is 0 Å². The van der Waals surface area contributed by atoms with Gasteiger partial charge in [-0.05, 0) is 6.42 Å². The maximum absolute atomic E-state index is 8.24. The molecule has 3 heteroatoms. The molecular weight excluding hydrogens is 120 g/mol. The average molecular weight is 133 g/mol. The van der Waals surface area contributed by atoms with Crippen LogP contribution >= 0.6 is 0 Å². The summed E-state index contributed by atoms with van der Waals surface area (Å²) in [5.41, 5.74) is 0. The third kappa shape index (κ3) is 7.59. The molecule has 0 aromatic rings. The average Bonchev–Trinajstić information content (AvgIpc) is 1.89. The van der Waals surface area contributed by atoms with Crippen LogP contribution in [0.5, 0.6) is 0 Å². The minimum Gasteiger partial charge on any atom is -0.394 e. The highest BCUT2D eigenvalue weighted by Gasteiger charge is 1.87. The van der Waals surface area contributed by atoms with Gasteiger partial charge in [-0.2, -0.15) is 0 Å². The van der Waals surface area contributed by atoms with Crippen LogP contribution in [0.25, 0.3) is 0 Å². The first-order valence-electron chi connectivity index (χ1n) is 3.06. The molecule has 2 N–H and O–H groups in total. The molecule has 0 fully saturated rings. The second kappa shape index (κ2) is 7.59. The molecule has 0 spiro atoms. The second-order valence-corrected chi connectivity index (χ2v) is 1.66. The van der Waals surface area contributed by atoms with Crippen molar-refractivity contribution in [3.05, 3.63) is 0 Å². The van der Waals surface area contributed by atoms with E-state index in [1.54, 1.807) is 0 Å². The smallest absolute Gasteiger partial charge is 0.281 e. The Morgan fingerprint density at radius 3 is 2.78 bits per heavy atom. The molecule has 0 bridgehead atoms. The lowest BCUT2D eigenvalue weighted by atomic mass is 10.3. The number of ether oxygens (including phenoxy) is 1. The van der Waals surface area contributed by atoms with Crippen molar-refractivity contribution < 1.29 is 14.6 Å². The Labute approximate surface area is 54.6 Å². The molecule has 0 unspecified atom stereocenters. The van der Waals surface area contributed by atoms with Gasteiger partial charge in [-0.25, -0.2) is 0 Å². The quantitative estimate of drug-likeness (QED) is 0.314. The van der Waals surface area contributed by atoms with Crippen molar-refractivity contribution in [1.82, 2.24) is 0 Å². The lowest BCUT2D eigenvalue weighted by molar-refractivity contribution is 0.0916. The summed E-state index contributed by atoms with van der Waals surface area (Å²) in [4.78, 5) is 8.19. The van der Waals surface area contributed by atoms with Crippen LogP contribution in [0.3, 0.4) is 0 Å². The van der Waals surface area contributed by atoms with Crippen LogP contribution in [0.2, 0.25) is 0 Å². The minimum atomic E-state index is 0.0723. The molecule has 0 atom stereocenters. The van der Waals surface area contributed by atoms with E-state index in [-0.39, 0.29) is 6.61 Å². The van der Waals surface area contributed by atoms with Crippen LogP contribution in [0.1, 0.15) is 12.8 Å². The highest BCUT2D eigenvalue weighted by molar-refractivity contribution is 5.50. The number of aldehydes is 1. The highest BCUT2D eigenvalue weighted by atomic mass is 16.5. The third-order valence-corrected chi connectivity index (χ3v) is 0.858. The molecular formula is C6H13O3+. The molecule has 0 aromatic heterocycles. The highest BCUT2D eigenvalue weighted by Crippen LogP contribution is 1.84. The molecule has 0 heterocycles. The fourth-order valence-corrected chi connectivity index (χ4v) is 0.443. The van der Waals surface area contributed by atoms with Crippen molar-refractivity contribution >= 4 is 6.29 Å². The summed E-state index contributed by atoms with van der Waals surface area (Å²) in [6.07, 6.45) is 2.59. The predicted octanol–water partition coefficient (Wildman–Crippen LogP) is -0.0498. The molecule has 0 aliphatic carbocycles. The number of unbranched alkanes of at least 4 members (excludes halogenated alkanes) is 1. The minimum absolute atomic E-state index is 0.0723. The molecule has 0 saturated heterocycles. The van der Waals surface area contributed by atoms with Gasteiger partial charge in [0.2, 0.25) is 0 Å². The van der Waals surface area contributed by atoms with E-state index < -0.39 is 0 Å². The van der Waals surface area contributed by atoms with Crippen molar-refractivity contribution in [2.24, 2.45) is 0 Å². The number of carbonyl (C=O) groups excluding carboxylic acids is 1. The van der Waals surface area contributed by atoms with Crippen LogP contribution in [-0.4, -0.2) is 36.0 Å². The lowest BCUT2D eigenvalue weighted by Gasteiger charge is -1.96. The number of hydrogen-bond acceptors (Lipinski definition) is 2. The Balaban J connectivity index is 2.66. The van der Waals surface area contributed by atoms with Gasteiger partial charge in [0.25, 0.3) is 6.29 Å². The first-order chi connectivity index (χ1) is 4.41. The summed E-state index contributed by atoms with van der Waals surface area (Å²) < 4.78 is 4.90. The number of aliphatic hydroxyl groups excluding tert-OH is 1. The molecule has 0 saturated carbocycles. The van der Waals surface area contributed by atoms with Crippen molar-refractivity contribution in [3.8, 4) is 0 Å². The van der Waals surface area contributed by atoms with Gasteiger partial charge in [-0.3, -0.25) is 4.79 Å². The van der Waals surface area contributed by atoms with E-state index in [4.69, 9.17) is 14.6 Å². The molecule has 3 nitrogen and oxygen atoms in total. The molecule has 0 aliphatic rings. The molecule has 9 heavy (non-hydrogen) atoms. The maximum Gasteiger partial charge on any atom is 0.281 e. The van der Waals surface area contributed by atoms with Gasteiger partial charge < -0.3 is 9.84 Å². The van der Waals surface area contributed by atoms with E-state index in [0.29, 0.717) is 19.6 Å². The Morgan fingerprint density at radius 2 is 2.22 bits per heavy atom. The number of rotatable bonds is 6. The van der Waals surface area contributed by atoms with Crippen LogP contribution in [0.15, 0.2) is 0 Å². The van der Waals surface area contributed by atoms with E-state index in [9.17, 15) is 0 Å². The third-order valence-electron chi connectivity index (χ3n) is 0.858. The van der Waals surface area contributed by atoms with Gasteiger partial charge in [0.1, 0.15) is 0 Å². The van der Waals surface area contributed by atoms with E-state index in [2.05, 4.69) is 0 Å². The molecule has 0 aromatic carbocycles. The van der Waals surface area contributed by atoms with Crippen LogP contribution in [-0.2, 0) is 4.74 Å². The van der Waals surface area contributed by atoms with E-state index >= 15 is 0 Å². The monoisotopic (exact) mass is 133 g/mol. The maximum atomic E-state index is 8.24. The van der Waals surface area contributed by atoms with E-state index in [1.807, 2.05) is 0 Å². The Morgan fingerprint density at radius 1 is 1.44 bits per heavy atom. The lowest BCUT2D eigenvalue weighted by Crippen LogP contribution is -2.00. The van der Waals surface area contributed by atoms with Crippen LogP contribution in [0, 0.1) is 0 Å². The van der Waals surface area contributed by atoms with Crippen molar-refractivity contribution in [3.63, 3.8) is 0 Å². The molecule has 54 valence electrons. The Kier molecular flexibility index (Phi) is 7.24. The summed E-state index contributed by atoms with van der Waals surface area (Å²) >= 11 is 0. The summed E-state index contributed by atoms with van der Waals surface area (Å²) in [6, 6.07) is 0. The number of hydrogen-bond donors (Lipinski definition) is 1. The van der Waals surface area contributed by atoms with Gasteiger partial charge >= 0.3 is 0 Å². The first-order valence-corrected chi connectivity index (χ1v) is 3.06. The summed E-state index contributed by atoms with van der Waals surface area (Å²) in [7, 11) is 0. The zero-order valence-corrected chi connectivity index (χ0v) is 5.42. The van der Waals surface area contributed by atoms with Gasteiger partial charge in [-0.15, -0.1) is 0 Å². The van der Waals surface area contributed by atoms with E-state index in [1.165, 1.54) is 0 Å². The fourth-order valence-electron chi connectivity index (χ4n) is 0.443. The van der Waals surface area contributed by atoms with E-state index in [0.717, 1.165) is 12.7 Å². The molecule has 0 rings (SSSR count). The van der Waals surface area contributed by atoms with Crippen LogP contribution in [0.4, 0.5) is 0 Å². The summed E-state index contributed by atoms with van der Waals surface area (Å²) in [5, 5.41) is 8.24. The van der Waals surface area contributed by atoms with Gasteiger partial charge in [0.15, 0.2) is 0 Å². The van der Waals surface area contributed by atoms with Gasteiger partial charge in [0.05, 0.1) is 19.6 Å². The van der Waals surface area contributed by atoms with Crippen molar-refractivity contribution in [2.75, 3.05) is 19.8 Å². The molecule has 0 radical (unpaired) electrons. The topological polar surface area (TPSA) is 50.9 Å². The summed E-state index contributed by atoms with van der Waals surface area (Å²) in [6.45, 7) is 1.08. The van der Waals surface area contributed by atoms with Crippen molar-refractivity contribution in [2.45, 2.75) is 12.8 Å². The van der Waals surface area contributed by atoms with Gasteiger partial charge in [0, 0.05) is 6.61 Å². The fraction of sp³-hybridized carbons (Fsp3) is 0.833. The normalized spacial score (nSPS) is 9.44. The molecule has 0 aliphatic heterocycles. The SMILES string of the molecule is OCCOCCCC=[OH+]. The zero-order valence-electron chi connectivity index (χ0n) is 5.42. The number of aliphatic hydroxyl groups is 1.